The van der Waals surface area contributed by atoms with E-state index in [4.69, 9.17) is 0 Å². The van der Waals surface area contributed by atoms with Crippen LogP contribution in [-0.2, 0) is 21.7 Å². The van der Waals surface area contributed by atoms with Crippen LogP contribution in [0, 0.1) is 0 Å². The lowest BCUT2D eigenvalue weighted by atomic mass is 9.75. The summed E-state index contributed by atoms with van der Waals surface area (Å²) in [7, 11) is -1.43. The Morgan fingerprint density at radius 2 is 0.538 bits per heavy atom. The van der Waals surface area contributed by atoms with Crippen molar-refractivity contribution in [3.8, 4) is 77.9 Å². The Morgan fingerprint density at radius 3 is 0.910 bits per heavy atom. The molecule has 0 fully saturated rings. The van der Waals surface area contributed by atoms with E-state index in [0.29, 0.717) is 5.46 Å². The van der Waals surface area contributed by atoms with E-state index in [9.17, 15) is 10.0 Å². The second-order valence-electron chi connectivity index (χ2n) is 23.5. The van der Waals surface area contributed by atoms with E-state index in [1.165, 1.54) is 111 Å². The van der Waals surface area contributed by atoms with Crippen molar-refractivity contribution in [1.29, 1.82) is 0 Å². The van der Waals surface area contributed by atoms with Crippen LogP contribution in [0.1, 0.15) is 99.9 Å². The summed E-state index contributed by atoms with van der Waals surface area (Å²) in [6, 6.07) is 73.7. The molecular formula is C72H60BBr3O2. The summed E-state index contributed by atoms with van der Waals surface area (Å²) in [6.07, 6.45) is 0. The number of benzene rings is 10. The van der Waals surface area contributed by atoms with E-state index < -0.39 is 7.12 Å². The number of halogens is 3. The third kappa shape index (κ3) is 8.57. The zero-order valence-electron chi connectivity index (χ0n) is 45.2. The third-order valence-electron chi connectivity index (χ3n) is 17.5. The average molecular weight is 1210 g/mol. The average Bonchev–Trinajstić information content (AvgIpc) is 3.82. The lowest BCUT2D eigenvalue weighted by Crippen LogP contribution is -2.31. The monoisotopic (exact) mass is 1200 g/mol. The maximum atomic E-state index is 9.22. The summed E-state index contributed by atoms with van der Waals surface area (Å²) in [5.41, 5.74) is 29.9. The lowest BCUT2D eigenvalue weighted by molar-refractivity contribution is 0.426. The van der Waals surface area contributed by atoms with Gasteiger partial charge in [-0.1, -0.05) is 243 Å². The molecule has 0 amide bonds. The van der Waals surface area contributed by atoms with Crippen LogP contribution in [-0.4, -0.2) is 17.2 Å². The summed E-state index contributed by atoms with van der Waals surface area (Å²) in [5.74, 6) is 0. The molecule has 0 bridgehead atoms. The second-order valence-corrected chi connectivity index (χ2v) is 26.2. The zero-order chi connectivity index (χ0) is 54.6. The molecule has 4 aliphatic carbocycles. The number of fused-ring (bicyclic) bond motifs is 12. The quantitative estimate of drug-likeness (QED) is 0.172. The highest BCUT2D eigenvalue weighted by Crippen LogP contribution is 2.59. The third-order valence-corrected chi connectivity index (χ3v) is 19.0. The van der Waals surface area contributed by atoms with Gasteiger partial charge in [0.2, 0.25) is 0 Å². The Kier molecular flexibility index (Phi) is 13.1. The lowest BCUT2D eigenvalue weighted by Gasteiger charge is -2.24. The van der Waals surface area contributed by atoms with Gasteiger partial charge < -0.3 is 10.0 Å². The predicted octanol–water partition coefficient (Wildman–Crippen LogP) is 19.3. The van der Waals surface area contributed by atoms with Crippen molar-refractivity contribution < 1.29 is 10.0 Å². The molecule has 2 nitrogen and oxygen atoms in total. The highest BCUT2D eigenvalue weighted by Gasteiger charge is 2.43. The molecule has 0 heterocycles. The Morgan fingerprint density at radius 1 is 0.256 bits per heavy atom. The van der Waals surface area contributed by atoms with E-state index in [-0.39, 0.29) is 21.7 Å². The van der Waals surface area contributed by atoms with Gasteiger partial charge in [0.1, 0.15) is 0 Å². The summed E-state index contributed by atoms with van der Waals surface area (Å²) in [6.45, 7) is 18.9. The molecule has 0 radical (unpaired) electrons. The van der Waals surface area contributed by atoms with Crippen molar-refractivity contribution in [3.63, 3.8) is 0 Å². The first-order valence-electron chi connectivity index (χ1n) is 26.9. The Bertz CT molecular complexity index is 3950. The fourth-order valence-corrected chi connectivity index (χ4v) is 14.3. The first kappa shape index (κ1) is 52.3. The Labute approximate surface area is 485 Å². The molecular weight excluding hydrogens is 1150 g/mol. The van der Waals surface area contributed by atoms with Crippen LogP contribution < -0.4 is 5.46 Å². The fraction of sp³-hybridized carbons (Fsp3) is 0.167. The van der Waals surface area contributed by atoms with Crippen molar-refractivity contribution in [1.82, 2.24) is 0 Å². The molecule has 0 unspecified atom stereocenters. The van der Waals surface area contributed by atoms with Gasteiger partial charge in [-0.15, -0.1) is 0 Å². The van der Waals surface area contributed by atoms with E-state index in [1.807, 2.05) is 42.5 Å². The number of hydrogen-bond donors (Lipinski definition) is 2. The minimum absolute atomic E-state index is 0.0196. The van der Waals surface area contributed by atoms with Crippen LogP contribution in [0.25, 0.3) is 77.9 Å². The summed E-state index contributed by atoms with van der Waals surface area (Å²) >= 11 is 11.0. The number of hydrogen-bond acceptors (Lipinski definition) is 2. The molecule has 14 rings (SSSR count). The van der Waals surface area contributed by atoms with E-state index in [2.05, 4.69) is 255 Å². The van der Waals surface area contributed by atoms with Crippen molar-refractivity contribution in [3.05, 3.63) is 264 Å². The van der Waals surface area contributed by atoms with Crippen LogP contribution in [0.3, 0.4) is 0 Å². The molecule has 0 saturated heterocycles. The molecule has 0 saturated carbocycles. The van der Waals surface area contributed by atoms with Crippen LogP contribution in [0.2, 0.25) is 0 Å². The Hall–Kier alpha value is -6.38. The molecule has 2 N–H and O–H groups in total. The van der Waals surface area contributed by atoms with Gasteiger partial charge in [0, 0.05) is 35.1 Å². The van der Waals surface area contributed by atoms with Crippen LogP contribution in [0.4, 0.5) is 0 Å². The van der Waals surface area contributed by atoms with Gasteiger partial charge in [-0.3, -0.25) is 0 Å². The molecule has 6 heteroatoms. The van der Waals surface area contributed by atoms with Gasteiger partial charge in [0.15, 0.2) is 0 Å². The largest absolute Gasteiger partial charge is 0.489 e. The summed E-state index contributed by atoms with van der Waals surface area (Å²) < 4.78 is 3.45. The minimum atomic E-state index is -1.43. The minimum Gasteiger partial charge on any atom is -0.423 e. The van der Waals surface area contributed by atoms with Crippen molar-refractivity contribution >= 4 is 60.4 Å². The van der Waals surface area contributed by atoms with Crippen LogP contribution >= 0.6 is 47.8 Å². The van der Waals surface area contributed by atoms with E-state index in [1.54, 1.807) is 12.1 Å². The van der Waals surface area contributed by atoms with E-state index >= 15 is 0 Å². The fourth-order valence-electron chi connectivity index (χ4n) is 13.2. The molecule has 0 aliphatic heterocycles. The smallest absolute Gasteiger partial charge is 0.423 e. The molecule has 78 heavy (non-hydrogen) atoms. The highest BCUT2D eigenvalue weighted by atomic mass is 79.9. The number of rotatable bonds is 4. The van der Waals surface area contributed by atoms with Gasteiger partial charge in [-0.05, 0) is 195 Å². The highest BCUT2D eigenvalue weighted by molar-refractivity contribution is 9.11. The predicted molar refractivity (Wildman–Crippen MR) is 339 cm³/mol. The van der Waals surface area contributed by atoms with Gasteiger partial charge in [-0.25, -0.2) is 0 Å². The molecule has 10 aromatic carbocycles. The molecule has 0 spiro atoms. The SMILES string of the molecule is CC1(C)c2cc(Br)ccc2-c2cc3c(cc21)-c1ccc(-c2ccccc2-c2ccccc2)cc1C3(C)C.CC1(C)c2cc(Br)ccc2-c2cc3c(cc21)-c1ccc(Br)cc1C3(C)C.OB(O)c1ccccc1-c1ccccc1. The van der Waals surface area contributed by atoms with Crippen LogP contribution in [0.15, 0.2) is 220 Å². The van der Waals surface area contributed by atoms with Gasteiger partial charge >= 0.3 is 7.12 Å². The molecule has 0 aromatic heterocycles. The summed E-state index contributed by atoms with van der Waals surface area (Å²) in [5, 5.41) is 18.4. The van der Waals surface area contributed by atoms with Crippen molar-refractivity contribution in [2.75, 3.05) is 0 Å². The van der Waals surface area contributed by atoms with Gasteiger partial charge in [0.05, 0.1) is 0 Å². The molecule has 0 atom stereocenters. The van der Waals surface area contributed by atoms with Crippen molar-refractivity contribution in [2.24, 2.45) is 0 Å². The second kappa shape index (κ2) is 19.5. The van der Waals surface area contributed by atoms with Crippen LogP contribution in [0.5, 0.6) is 0 Å². The normalized spacial score (nSPS) is 15.1. The van der Waals surface area contributed by atoms with Gasteiger partial charge in [-0.2, -0.15) is 0 Å². The molecule has 384 valence electrons. The molecule has 10 aromatic rings. The molecule has 4 aliphatic rings. The first-order valence-corrected chi connectivity index (χ1v) is 29.2. The van der Waals surface area contributed by atoms with E-state index in [0.717, 1.165) is 24.5 Å². The zero-order valence-corrected chi connectivity index (χ0v) is 50.0. The maximum absolute atomic E-state index is 9.22. The van der Waals surface area contributed by atoms with Crippen molar-refractivity contribution in [2.45, 2.75) is 77.0 Å². The Balaban J connectivity index is 0.000000129. The topological polar surface area (TPSA) is 40.5 Å². The standard InChI is InChI=1S/C36H29Br.C24H20Br2.C12H11BO2/c1-35(2)31-18-23(26-13-9-8-12-25(26)22-10-6-5-7-11-22)14-16-27(31)29-20-34-30(21-33(29)35)28-17-15-24(37)19-32(28)36(34,3)4;1-23(2)19-9-13(25)5-7-15(19)17-12-22-18(11-21(17)23)16-8-6-14(26)10-20(16)24(22,3)4;14-13(15)12-9-5-4-8-11(12)10-6-2-1-3-7-10/h5-21H,1-4H3;5-12H,1-4H3;1-9,14-15H. The first-order chi connectivity index (χ1) is 37.3. The maximum Gasteiger partial charge on any atom is 0.489 e. The van der Waals surface area contributed by atoms with Gasteiger partial charge in [0.25, 0.3) is 0 Å². The summed E-state index contributed by atoms with van der Waals surface area (Å²) in [4.78, 5) is 0.